The van der Waals surface area contributed by atoms with Gasteiger partial charge in [0, 0.05) is 23.9 Å². The summed E-state index contributed by atoms with van der Waals surface area (Å²) < 4.78 is 1.75. The van der Waals surface area contributed by atoms with E-state index >= 15 is 0 Å². The molecule has 1 aliphatic carbocycles. The number of fused-ring (bicyclic) bond motifs is 1. The van der Waals surface area contributed by atoms with Crippen molar-refractivity contribution >= 4 is 5.91 Å². The van der Waals surface area contributed by atoms with Crippen molar-refractivity contribution in [1.82, 2.24) is 25.3 Å². The second-order valence-corrected chi connectivity index (χ2v) is 5.47. The van der Waals surface area contributed by atoms with Gasteiger partial charge < -0.3 is 5.32 Å². The first kappa shape index (κ1) is 12.9. The maximum absolute atomic E-state index is 12.1. The van der Waals surface area contributed by atoms with Gasteiger partial charge in [-0.05, 0) is 38.3 Å². The molecule has 1 amide bonds. The number of hydrogen-bond donors (Lipinski definition) is 2. The Bertz CT molecular complexity index is 627. The number of nitrogens with one attached hydrogen (secondary N) is 2. The van der Waals surface area contributed by atoms with Crippen LogP contribution in [0.15, 0.2) is 12.3 Å². The second-order valence-electron chi connectivity index (χ2n) is 5.47. The summed E-state index contributed by atoms with van der Waals surface area (Å²) in [6.07, 6.45) is 4.65. The summed E-state index contributed by atoms with van der Waals surface area (Å²) in [7, 11) is 0. The Morgan fingerprint density at radius 3 is 3.15 bits per heavy atom. The molecule has 0 bridgehead atoms. The lowest BCUT2D eigenvalue weighted by Gasteiger charge is -2.22. The van der Waals surface area contributed by atoms with Crippen molar-refractivity contribution in [3.05, 3.63) is 34.9 Å². The third-order valence-corrected chi connectivity index (χ3v) is 3.78. The number of aryl methyl sites for hydroxylation is 3. The van der Waals surface area contributed by atoms with E-state index in [4.69, 9.17) is 0 Å². The zero-order chi connectivity index (χ0) is 14.1. The van der Waals surface area contributed by atoms with Crippen LogP contribution in [0.25, 0.3) is 0 Å². The maximum atomic E-state index is 12.1. The maximum Gasteiger partial charge on any atom is 0.241 e. The second kappa shape index (κ2) is 5.11. The van der Waals surface area contributed by atoms with Gasteiger partial charge >= 0.3 is 0 Å². The van der Waals surface area contributed by atoms with Crippen LogP contribution in [-0.2, 0) is 24.2 Å². The number of rotatable bonds is 3. The molecule has 2 aromatic rings. The molecule has 2 heterocycles. The summed E-state index contributed by atoms with van der Waals surface area (Å²) in [6.45, 7) is 4.18. The lowest BCUT2D eigenvalue weighted by Crippen LogP contribution is -2.40. The normalized spacial score (nSPS) is 17.8. The number of carbonyl (C=O) groups excluding carboxylic acids is 1. The summed E-state index contributed by atoms with van der Waals surface area (Å²) >= 11 is 0. The molecular formula is C14H19N5O. The van der Waals surface area contributed by atoms with Crippen LogP contribution in [0, 0.1) is 13.8 Å². The Hall–Kier alpha value is -2.11. The molecular weight excluding hydrogens is 254 g/mol. The quantitative estimate of drug-likeness (QED) is 0.872. The number of nitrogens with zero attached hydrogens (tertiary/aromatic N) is 3. The molecule has 0 radical (unpaired) electrons. The zero-order valence-corrected chi connectivity index (χ0v) is 11.8. The average molecular weight is 273 g/mol. The third kappa shape index (κ3) is 2.59. The Balaban J connectivity index is 1.59. The van der Waals surface area contributed by atoms with Crippen molar-refractivity contribution in [2.24, 2.45) is 0 Å². The van der Waals surface area contributed by atoms with E-state index in [0.29, 0.717) is 0 Å². The molecule has 1 unspecified atom stereocenters. The summed E-state index contributed by atoms with van der Waals surface area (Å²) in [5.41, 5.74) is 4.37. The fourth-order valence-corrected chi connectivity index (χ4v) is 2.78. The number of aromatic nitrogens is 4. The molecule has 0 aliphatic heterocycles. The molecule has 0 spiro atoms. The molecule has 6 nitrogen and oxygen atoms in total. The smallest absolute Gasteiger partial charge is 0.241 e. The predicted molar refractivity (Wildman–Crippen MR) is 74.2 cm³/mol. The van der Waals surface area contributed by atoms with Crippen LogP contribution in [0.4, 0.5) is 0 Å². The summed E-state index contributed by atoms with van der Waals surface area (Å²) in [6, 6.07) is 2.16. The molecule has 106 valence electrons. The number of H-pyrrole nitrogens is 1. The van der Waals surface area contributed by atoms with Crippen LogP contribution >= 0.6 is 0 Å². The minimum Gasteiger partial charge on any atom is -0.351 e. The first-order chi connectivity index (χ1) is 9.61. The van der Waals surface area contributed by atoms with Crippen molar-refractivity contribution < 1.29 is 4.79 Å². The molecule has 2 N–H and O–H groups in total. The van der Waals surface area contributed by atoms with Crippen LogP contribution in [0.5, 0.6) is 0 Å². The summed E-state index contributed by atoms with van der Waals surface area (Å²) in [4.78, 5) is 12.1. The molecule has 0 aromatic carbocycles. The van der Waals surface area contributed by atoms with E-state index in [9.17, 15) is 4.79 Å². The van der Waals surface area contributed by atoms with Gasteiger partial charge in [0.25, 0.3) is 0 Å². The Morgan fingerprint density at radius 1 is 1.55 bits per heavy atom. The van der Waals surface area contributed by atoms with Gasteiger partial charge in [-0.25, -0.2) is 0 Å². The summed E-state index contributed by atoms with van der Waals surface area (Å²) in [5, 5.41) is 14.4. The van der Waals surface area contributed by atoms with E-state index in [2.05, 4.69) is 20.6 Å². The predicted octanol–water partition coefficient (Wildman–Crippen LogP) is 0.897. The molecule has 1 aliphatic rings. The van der Waals surface area contributed by atoms with Crippen LogP contribution in [0.1, 0.15) is 29.1 Å². The highest BCUT2D eigenvalue weighted by Gasteiger charge is 2.21. The molecule has 20 heavy (non-hydrogen) atoms. The number of carbonyl (C=O) groups is 1. The minimum atomic E-state index is 0.0177. The van der Waals surface area contributed by atoms with Gasteiger partial charge in [-0.15, -0.1) is 0 Å². The van der Waals surface area contributed by atoms with E-state index < -0.39 is 0 Å². The van der Waals surface area contributed by atoms with Crippen LogP contribution in [0.2, 0.25) is 0 Å². The van der Waals surface area contributed by atoms with E-state index in [0.717, 1.165) is 36.3 Å². The highest BCUT2D eigenvalue weighted by atomic mass is 16.2. The average Bonchev–Trinajstić information content (AvgIpc) is 2.96. The van der Waals surface area contributed by atoms with E-state index in [1.165, 1.54) is 5.56 Å². The highest BCUT2D eigenvalue weighted by molar-refractivity contribution is 5.76. The summed E-state index contributed by atoms with van der Waals surface area (Å²) in [5.74, 6) is 0.0177. The monoisotopic (exact) mass is 273 g/mol. The number of amides is 1. The van der Waals surface area contributed by atoms with Crippen molar-refractivity contribution in [1.29, 1.82) is 0 Å². The van der Waals surface area contributed by atoms with E-state index in [1.54, 1.807) is 4.68 Å². The van der Waals surface area contributed by atoms with Crippen LogP contribution in [-0.4, -0.2) is 31.9 Å². The van der Waals surface area contributed by atoms with Crippen molar-refractivity contribution in [3.8, 4) is 0 Å². The van der Waals surface area contributed by atoms with Crippen molar-refractivity contribution in [2.45, 2.75) is 45.7 Å². The minimum absolute atomic E-state index is 0.0177. The molecule has 3 rings (SSSR count). The Labute approximate surface area is 117 Å². The lowest BCUT2D eigenvalue weighted by molar-refractivity contribution is -0.122. The first-order valence-electron chi connectivity index (χ1n) is 6.93. The van der Waals surface area contributed by atoms with Crippen molar-refractivity contribution in [3.63, 3.8) is 0 Å². The van der Waals surface area contributed by atoms with Gasteiger partial charge in [0.1, 0.15) is 6.54 Å². The van der Waals surface area contributed by atoms with Crippen LogP contribution < -0.4 is 5.32 Å². The van der Waals surface area contributed by atoms with Gasteiger partial charge in [-0.1, -0.05) is 0 Å². The molecule has 6 heteroatoms. The van der Waals surface area contributed by atoms with Gasteiger partial charge in [-0.2, -0.15) is 10.2 Å². The molecule has 1 atom stereocenters. The first-order valence-corrected chi connectivity index (χ1v) is 6.93. The number of hydrogen-bond acceptors (Lipinski definition) is 3. The fraction of sp³-hybridized carbons (Fsp3) is 0.500. The van der Waals surface area contributed by atoms with Gasteiger partial charge in [0.2, 0.25) is 5.91 Å². The Morgan fingerprint density at radius 2 is 2.40 bits per heavy atom. The molecule has 2 aromatic heterocycles. The largest absolute Gasteiger partial charge is 0.351 e. The standard InChI is InChI=1S/C14H19N5O/c1-9-5-10(2)19(18-9)8-14(20)16-12-4-3-11-7-15-17-13(11)6-12/h5,7,12H,3-4,6,8H2,1-2H3,(H,15,17)(H,16,20). The van der Waals surface area contributed by atoms with E-state index in [-0.39, 0.29) is 18.5 Å². The van der Waals surface area contributed by atoms with Gasteiger partial charge in [0.15, 0.2) is 0 Å². The molecule has 0 saturated heterocycles. The number of aromatic amines is 1. The van der Waals surface area contributed by atoms with Crippen LogP contribution in [0.3, 0.4) is 0 Å². The highest BCUT2D eigenvalue weighted by Crippen LogP contribution is 2.18. The van der Waals surface area contributed by atoms with Gasteiger partial charge in [0.05, 0.1) is 11.9 Å². The van der Waals surface area contributed by atoms with Crippen molar-refractivity contribution in [2.75, 3.05) is 0 Å². The lowest BCUT2D eigenvalue weighted by atomic mass is 9.94. The molecule has 0 fully saturated rings. The van der Waals surface area contributed by atoms with Gasteiger partial charge in [-0.3, -0.25) is 14.6 Å². The molecule has 0 saturated carbocycles. The Kier molecular flexibility index (Phi) is 3.30. The van der Waals surface area contributed by atoms with E-state index in [1.807, 2.05) is 26.1 Å². The topological polar surface area (TPSA) is 75.6 Å². The zero-order valence-electron chi connectivity index (χ0n) is 11.8. The fourth-order valence-electron chi connectivity index (χ4n) is 2.78. The SMILES string of the molecule is Cc1cc(C)n(CC(=O)NC2CCc3cn[nH]c3C2)n1. The third-order valence-electron chi connectivity index (χ3n) is 3.78.